The molecule has 2 aliphatic rings. The van der Waals surface area contributed by atoms with Crippen molar-refractivity contribution in [2.24, 2.45) is 16.4 Å². The van der Waals surface area contributed by atoms with Crippen molar-refractivity contribution in [2.75, 3.05) is 6.54 Å². The molecule has 3 unspecified atom stereocenters. The lowest BCUT2D eigenvalue weighted by molar-refractivity contribution is -0.194. The summed E-state index contributed by atoms with van der Waals surface area (Å²) in [5.74, 6) is -1.90. The molecule has 0 amide bonds. The van der Waals surface area contributed by atoms with Crippen LogP contribution in [0.4, 0.5) is 13.2 Å². The van der Waals surface area contributed by atoms with Crippen LogP contribution in [0.25, 0.3) is 10.4 Å². The van der Waals surface area contributed by atoms with Crippen LogP contribution in [-0.2, 0) is 9.53 Å². The van der Waals surface area contributed by atoms with Crippen LogP contribution in [0, 0.1) is 11.3 Å². The van der Waals surface area contributed by atoms with E-state index in [9.17, 15) is 18.0 Å². The Morgan fingerprint density at radius 3 is 2.89 bits per heavy atom. The molecule has 19 heavy (non-hydrogen) atoms. The van der Waals surface area contributed by atoms with E-state index in [1.807, 2.05) is 0 Å². The number of alkyl halides is 3. The van der Waals surface area contributed by atoms with Gasteiger partial charge in [0.15, 0.2) is 0 Å². The van der Waals surface area contributed by atoms with Crippen molar-refractivity contribution in [1.82, 2.24) is 0 Å². The highest BCUT2D eigenvalue weighted by atomic mass is 19.4. The van der Waals surface area contributed by atoms with Crippen LogP contribution in [-0.4, -0.2) is 24.8 Å². The second kappa shape index (κ2) is 4.92. The standard InChI is InChI=1S/C11H14F3N3O2/c12-11(13,14)7-2-1-3-10(4-7)5-9(18)19-8(10)6-16-17-15/h7-8H,1-6H2. The second-order valence-corrected chi connectivity index (χ2v) is 5.27. The first kappa shape index (κ1) is 14.0. The molecule has 5 nitrogen and oxygen atoms in total. The number of rotatable bonds is 2. The SMILES string of the molecule is [N-]=[N+]=NCC1OC(=O)CC12CCCC(C(F)(F)F)C2. The van der Waals surface area contributed by atoms with Gasteiger partial charge in [0.2, 0.25) is 0 Å². The van der Waals surface area contributed by atoms with E-state index in [1.165, 1.54) is 0 Å². The maximum absolute atomic E-state index is 12.8. The summed E-state index contributed by atoms with van der Waals surface area (Å²) >= 11 is 0. The minimum Gasteiger partial charge on any atom is -0.462 e. The Morgan fingerprint density at radius 1 is 1.53 bits per heavy atom. The number of halogens is 3. The number of cyclic esters (lactones) is 1. The smallest absolute Gasteiger partial charge is 0.391 e. The third kappa shape index (κ3) is 2.78. The van der Waals surface area contributed by atoms with Crippen LogP contribution in [0.5, 0.6) is 0 Å². The third-order valence-corrected chi connectivity index (χ3v) is 4.11. The molecule has 0 aromatic heterocycles. The molecule has 0 bridgehead atoms. The zero-order valence-electron chi connectivity index (χ0n) is 10.2. The zero-order valence-corrected chi connectivity index (χ0v) is 10.2. The molecule has 1 spiro atoms. The lowest BCUT2D eigenvalue weighted by Gasteiger charge is -2.40. The van der Waals surface area contributed by atoms with Gasteiger partial charge in [0.25, 0.3) is 0 Å². The van der Waals surface area contributed by atoms with Crippen molar-refractivity contribution in [1.29, 1.82) is 0 Å². The van der Waals surface area contributed by atoms with Gasteiger partial charge in [-0.05, 0) is 24.8 Å². The first-order valence-corrected chi connectivity index (χ1v) is 6.14. The van der Waals surface area contributed by atoms with Crippen LogP contribution < -0.4 is 0 Å². The molecule has 106 valence electrons. The van der Waals surface area contributed by atoms with Crippen LogP contribution in [0.3, 0.4) is 0 Å². The molecule has 1 aliphatic heterocycles. The quantitative estimate of drug-likeness (QED) is 0.336. The number of carbonyl (C=O) groups is 1. The monoisotopic (exact) mass is 277 g/mol. The van der Waals surface area contributed by atoms with Crippen molar-refractivity contribution in [3.63, 3.8) is 0 Å². The molecular weight excluding hydrogens is 263 g/mol. The van der Waals surface area contributed by atoms with Crippen molar-refractivity contribution in [2.45, 2.75) is 44.4 Å². The molecule has 0 radical (unpaired) electrons. The normalized spacial score (nSPS) is 35.0. The number of esters is 1. The predicted octanol–water partition coefficient (Wildman–Crippen LogP) is 3.35. The summed E-state index contributed by atoms with van der Waals surface area (Å²) < 4.78 is 43.6. The van der Waals surface area contributed by atoms with Gasteiger partial charge in [0.05, 0.1) is 18.9 Å². The van der Waals surface area contributed by atoms with Gasteiger partial charge in [0.1, 0.15) is 6.10 Å². The van der Waals surface area contributed by atoms with E-state index in [0.29, 0.717) is 12.8 Å². The van der Waals surface area contributed by atoms with Gasteiger partial charge in [-0.15, -0.1) is 0 Å². The zero-order chi connectivity index (χ0) is 14.1. The molecule has 0 aromatic rings. The fourth-order valence-corrected chi connectivity index (χ4v) is 3.20. The lowest BCUT2D eigenvalue weighted by Crippen LogP contribution is -2.41. The minimum absolute atomic E-state index is 0.00873. The summed E-state index contributed by atoms with van der Waals surface area (Å²) in [5, 5.41) is 3.35. The van der Waals surface area contributed by atoms with Crippen LogP contribution >= 0.6 is 0 Å². The highest BCUT2D eigenvalue weighted by Crippen LogP contribution is 2.52. The van der Waals surface area contributed by atoms with Crippen molar-refractivity contribution in [3.8, 4) is 0 Å². The number of hydrogen-bond donors (Lipinski definition) is 0. The first-order chi connectivity index (χ1) is 8.87. The number of carbonyl (C=O) groups excluding carboxylic acids is 1. The third-order valence-electron chi connectivity index (χ3n) is 4.11. The number of nitrogens with zero attached hydrogens (tertiary/aromatic N) is 3. The predicted molar refractivity (Wildman–Crippen MR) is 59.0 cm³/mol. The Balaban J connectivity index is 2.19. The molecule has 1 heterocycles. The molecule has 0 aromatic carbocycles. The molecule has 0 N–H and O–H groups in total. The summed E-state index contributed by atoms with van der Waals surface area (Å²) in [6.07, 6.45) is -4.08. The van der Waals surface area contributed by atoms with Gasteiger partial charge in [-0.2, -0.15) is 13.2 Å². The van der Waals surface area contributed by atoms with E-state index in [4.69, 9.17) is 10.3 Å². The molecule has 1 saturated carbocycles. The summed E-state index contributed by atoms with van der Waals surface area (Å²) in [6, 6.07) is 0. The van der Waals surface area contributed by atoms with Crippen molar-refractivity contribution in [3.05, 3.63) is 10.4 Å². The van der Waals surface area contributed by atoms with E-state index in [0.717, 1.165) is 0 Å². The minimum atomic E-state index is -4.25. The number of ether oxygens (including phenoxy) is 1. The fourth-order valence-electron chi connectivity index (χ4n) is 3.20. The topological polar surface area (TPSA) is 75.1 Å². The lowest BCUT2D eigenvalue weighted by atomic mass is 9.65. The van der Waals surface area contributed by atoms with Crippen LogP contribution in [0.2, 0.25) is 0 Å². The van der Waals surface area contributed by atoms with Gasteiger partial charge in [-0.3, -0.25) is 4.79 Å². The van der Waals surface area contributed by atoms with Crippen LogP contribution in [0.1, 0.15) is 32.1 Å². The van der Waals surface area contributed by atoms with Crippen LogP contribution in [0.15, 0.2) is 5.11 Å². The fraction of sp³-hybridized carbons (Fsp3) is 0.909. The molecule has 2 fully saturated rings. The summed E-state index contributed by atoms with van der Waals surface area (Å²) in [4.78, 5) is 14.0. The molecule has 3 atom stereocenters. The maximum Gasteiger partial charge on any atom is 0.391 e. The van der Waals surface area contributed by atoms with Crippen molar-refractivity contribution >= 4 is 5.97 Å². The van der Waals surface area contributed by atoms with E-state index in [2.05, 4.69) is 10.0 Å². The summed E-state index contributed by atoms with van der Waals surface area (Å²) in [5.41, 5.74) is 7.48. The van der Waals surface area contributed by atoms with Gasteiger partial charge in [0, 0.05) is 10.3 Å². The molecular formula is C11H14F3N3O2. The van der Waals surface area contributed by atoms with Gasteiger partial charge in [-0.1, -0.05) is 11.5 Å². The Labute approximate surface area is 107 Å². The van der Waals surface area contributed by atoms with E-state index in [1.54, 1.807) is 0 Å². The Morgan fingerprint density at radius 2 is 2.26 bits per heavy atom. The van der Waals surface area contributed by atoms with Gasteiger partial charge < -0.3 is 4.74 Å². The average molecular weight is 277 g/mol. The number of azide groups is 1. The molecule has 1 saturated heterocycles. The molecule has 2 rings (SSSR count). The van der Waals surface area contributed by atoms with Gasteiger partial charge in [-0.25, -0.2) is 0 Å². The maximum atomic E-state index is 12.8. The van der Waals surface area contributed by atoms with Crippen molar-refractivity contribution < 1.29 is 22.7 Å². The first-order valence-electron chi connectivity index (χ1n) is 6.14. The second-order valence-electron chi connectivity index (χ2n) is 5.27. The van der Waals surface area contributed by atoms with E-state index in [-0.39, 0.29) is 25.8 Å². The summed E-state index contributed by atoms with van der Waals surface area (Å²) in [7, 11) is 0. The van der Waals surface area contributed by atoms with E-state index < -0.39 is 29.6 Å². The van der Waals surface area contributed by atoms with Gasteiger partial charge >= 0.3 is 12.1 Å². The molecule has 1 aliphatic carbocycles. The Kier molecular flexibility index (Phi) is 3.62. The average Bonchev–Trinajstić information content (AvgIpc) is 2.61. The Hall–Kier alpha value is -1.43. The Bertz CT molecular complexity index is 420. The largest absolute Gasteiger partial charge is 0.462 e. The summed E-state index contributed by atoms with van der Waals surface area (Å²) in [6.45, 7) is -0.0905. The highest BCUT2D eigenvalue weighted by molar-refractivity contribution is 5.73. The highest BCUT2D eigenvalue weighted by Gasteiger charge is 2.55. The van der Waals surface area contributed by atoms with E-state index >= 15 is 0 Å². The molecule has 8 heteroatoms. The number of hydrogen-bond acceptors (Lipinski definition) is 3.